The van der Waals surface area contributed by atoms with E-state index in [1.807, 2.05) is 6.92 Å². The third-order valence-electron chi connectivity index (χ3n) is 2.23. The van der Waals surface area contributed by atoms with Gasteiger partial charge in [-0.3, -0.25) is 0 Å². The van der Waals surface area contributed by atoms with Crippen LogP contribution in [-0.2, 0) is 4.74 Å². The first kappa shape index (κ1) is 14.4. The van der Waals surface area contributed by atoms with Gasteiger partial charge in [0.05, 0.1) is 12.1 Å². The molecule has 88 valence electrons. The molecule has 1 N–H and O–H groups in total. The molecule has 0 bridgehead atoms. The maximum atomic E-state index is 8.76. The minimum atomic E-state index is -0.0555. The fourth-order valence-corrected chi connectivity index (χ4v) is 1.36. The van der Waals surface area contributed by atoms with Crippen LogP contribution in [0.25, 0.3) is 0 Å². The second-order valence-corrected chi connectivity index (χ2v) is 4.18. The first-order valence-electron chi connectivity index (χ1n) is 5.91. The van der Waals surface area contributed by atoms with Crippen LogP contribution in [0.2, 0.25) is 0 Å². The van der Waals surface area contributed by atoms with E-state index in [0.717, 1.165) is 31.9 Å². The lowest BCUT2D eigenvalue weighted by Gasteiger charge is -2.10. The van der Waals surface area contributed by atoms with Gasteiger partial charge < -0.3 is 10.1 Å². The Morgan fingerprint density at radius 3 is 2.53 bits per heavy atom. The van der Waals surface area contributed by atoms with E-state index >= 15 is 0 Å². The number of nitriles is 1. The smallest absolute Gasteiger partial charge is 0.0974 e. The summed E-state index contributed by atoms with van der Waals surface area (Å²) in [4.78, 5) is 0. The molecule has 0 aliphatic carbocycles. The molecule has 1 atom stereocenters. The van der Waals surface area contributed by atoms with E-state index in [9.17, 15) is 0 Å². The highest BCUT2D eigenvalue weighted by molar-refractivity contribution is 4.88. The average Bonchev–Trinajstić information content (AvgIpc) is 2.21. The van der Waals surface area contributed by atoms with Gasteiger partial charge in [-0.25, -0.2) is 0 Å². The van der Waals surface area contributed by atoms with Crippen LogP contribution >= 0.6 is 0 Å². The van der Waals surface area contributed by atoms with Crippen molar-refractivity contribution >= 4 is 0 Å². The van der Waals surface area contributed by atoms with Gasteiger partial charge >= 0.3 is 0 Å². The lowest BCUT2D eigenvalue weighted by Crippen LogP contribution is -2.28. The third-order valence-corrected chi connectivity index (χ3v) is 2.23. The molecular formula is C12H24N2O. The van der Waals surface area contributed by atoms with Crippen LogP contribution in [0.4, 0.5) is 0 Å². The summed E-state index contributed by atoms with van der Waals surface area (Å²) < 4.78 is 5.47. The predicted molar refractivity (Wildman–Crippen MR) is 62.6 cm³/mol. The first-order chi connectivity index (χ1) is 7.20. The van der Waals surface area contributed by atoms with Gasteiger partial charge in [0, 0.05) is 13.2 Å². The molecule has 0 aliphatic rings. The van der Waals surface area contributed by atoms with Gasteiger partial charge in [-0.2, -0.15) is 5.26 Å². The Bertz CT molecular complexity index is 175. The van der Waals surface area contributed by atoms with Crippen molar-refractivity contribution < 1.29 is 4.74 Å². The summed E-state index contributed by atoms with van der Waals surface area (Å²) in [5.74, 6) is 0.752. The minimum absolute atomic E-state index is 0.0555. The number of hydrogen-bond donors (Lipinski definition) is 1. The van der Waals surface area contributed by atoms with E-state index < -0.39 is 0 Å². The second-order valence-electron chi connectivity index (χ2n) is 4.18. The normalized spacial score (nSPS) is 12.7. The van der Waals surface area contributed by atoms with Crippen LogP contribution in [0.15, 0.2) is 0 Å². The van der Waals surface area contributed by atoms with Crippen LogP contribution in [0.1, 0.15) is 40.0 Å². The van der Waals surface area contributed by atoms with Crippen LogP contribution in [0.5, 0.6) is 0 Å². The van der Waals surface area contributed by atoms with Crippen molar-refractivity contribution in [3.8, 4) is 6.07 Å². The summed E-state index contributed by atoms with van der Waals surface area (Å²) in [5.41, 5.74) is 0. The van der Waals surface area contributed by atoms with Gasteiger partial charge in [0.2, 0.25) is 0 Å². The van der Waals surface area contributed by atoms with Crippen molar-refractivity contribution in [1.82, 2.24) is 5.32 Å². The van der Waals surface area contributed by atoms with Crippen molar-refractivity contribution in [3.63, 3.8) is 0 Å². The number of nitrogens with one attached hydrogen (secondary N) is 1. The number of nitrogens with zero attached hydrogens (tertiary/aromatic N) is 1. The molecule has 1 unspecified atom stereocenters. The lowest BCUT2D eigenvalue weighted by atomic mass is 10.1. The van der Waals surface area contributed by atoms with E-state index in [1.165, 1.54) is 6.42 Å². The zero-order valence-electron chi connectivity index (χ0n) is 10.3. The molecule has 0 rings (SSSR count). The van der Waals surface area contributed by atoms with Crippen LogP contribution in [0, 0.1) is 17.2 Å². The molecule has 0 aliphatic heterocycles. The SMILES string of the molecule is CCNC(C#N)CCOCCCC(C)C. The van der Waals surface area contributed by atoms with Crippen LogP contribution < -0.4 is 5.32 Å². The van der Waals surface area contributed by atoms with Crippen LogP contribution in [0.3, 0.4) is 0 Å². The van der Waals surface area contributed by atoms with E-state index in [1.54, 1.807) is 0 Å². The maximum Gasteiger partial charge on any atom is 0.0974 e. The summed E-state index contributed by atoms with van der Waals surface area (Å²) >= 11 is 0. The maximum absolute atomic E-state index is 8.76. The van der Waals surface area contributed by atoms with E-state index in [0.29, 0.717) is 6.61 Å². The molecule has 0 radical (unpaired) electrons. The van der Waals surface area contributed by atoms with Gasteiger partial charge in [-0.1, -0.05) is 20.8 Å². The molecule has 0 fully saturated rings. The standard InChI is InChI=1S/C12H24N2O/c1-4-14-12(10-13)7-9-15-8-5-6-11(2)3/h11-12,14H,4-9H2,1-3H3. The molecule has 0 saturated carbocycles. The molecule has 0 spiro atoms. The topological polar surface area (TPSA) is 45.0 Å². The van der Waals surface area contributed by atoms with Gasteiger partial charge in [-0.15, -0.1) is 0 Å². The van der Waals surface area contributed by atoms with E-state index in [-0.39, 0.29) is 6.04 Å². The lowest BCUT2D eigenvalue weighted by molar-refractivity contribution is 0.122. The highest BCUT2D eigenvalue weighted by atomic mass is 16.5. The summed E-state index contributed by atoms with van der Waals surface area (Å²) in [5, 5.41) is 11.9. The molecule has 0 aromatic carbocycles. The van der Waals surface area contributed by atoms with Gasteiger partial charge in [0.1, 0.15) is 0 Å². The Labute approximate surface area is 93.8 Å². The summed E-state index contributed by atoms with van der Waals surface area (Å²) in [7, 11) is 0. The van der Waals surface area contributed by atoms with Crippen molar-refractivity contribution in [2.75, 3.05) is 19.8 Å². The van der Waals surface area contributed by atoms with Crippen molar-refractivity contribution in [1.29, 1.82) is 5.26 Å². The van der Waals surface area contributed by atoms with E-state index in [2.05, 4.69) is 25.2 Å². The Balaban J connectivity index is 3.26. The molecule has 0 amide bonds. The zero-order valence-corrected chi connectivity index (χ0v) is 10.3. The third kappa shape index (κ3) is 9.71. The molecule has 3 nitrogen and oxygen atoms in total. The largest absolute Gasteiger partial charge is 0.381 e. The molecule has 3 heteroatoms. The minimum Gasteiger partial charge on any atom is -0.381 e. The summed E-state index contributed by atoms with van der Waals surface area (Å²) in [6, 6.07) is 2.17. The Kier molecular flexibility index (Phi) is 9.55. The Hall–Kier alpha value is -0.590. The fourth-order valence-electron chi connectivity index (χ4n) is 1.36. The molecule has 0 aromatic heterocycles. The quantitative estimate of drug-likeness (QED) is 0.597. The monoisotopic (exact) mass is 212 g/mol. The number of ether oxygens (including phenoxy) is 1. The molecule has 0 heterocycles. The number of hydrogen-bond acceptors (Lipinski definition) is 3. The average molecular weight is 212 g/mol. The van der Waals surface area contributed by atoms with Crippen molar-refractivity contribution in [2.45, 2.75) is 46.1 Å². The Morgan fingerprint density at radius 2 is 2.00 bits per heavy atom. The highest BCUT2D eigenvalue weighted by Crippen LogP contribution is 2.03. The molecular weight excluding hydrogens is 188 g/mol. The highest BCUT2D eigenvalue weighted by Gasteiger charge is 2.04. The van der Waals surface area contributed by atoms with E-state index in [4.69, 9.17) is 10.00 Å². The summed E-state index contributed by atoms with van der Waals surface area (Å²) in [6.45, 7) is 8.79. The predicted octanol–water partition coefficient (Wildman–Crippen LogP) is 2.33. The number of rotatable bonds is 9. The van der Waals surface area contributed by atoms with Gasteiger partial charge in [0.25, 0.3) is 0 Å². The van der Waals surface area contributed by atoms with Gasteiger partial charge in [0.15, 0.2) is 0 Å². The second kappa shape index (κ2) is 9.95. The summed E-state index contributed by atoms with van der Waals surface area (Å²) in [6.07, 6.45) is 3.12. The van der Waals surface area contributed by atoms with Crippen molar-refractivity contribution in [3.05, 3.63) is 0 Å². The van der Waals surface area contributed by atoms with Crippen LogP contribution in [-0.4, -0.2) is 25.8 Å². The molecule has 15 heavy (non-hydrogen) atoms. The first-order valence-corrected chi connectivity index (χ1v) is 5.91. The molecule has 0 aromatic rings. The van der Waals surface area contributed by atoms with Gasteiger partial charge in [-0.05, 0) is 31.7 Å². The van der Waals surface area contributed by atoms with Crippen molar-refractivity contribution in [2.24, 2.45) is 5.92 Å². The Morgan fingerprint density at radius 1 is 1.27 bits per heavy atom. The fraction of sp³-hybridized carbons (Fsp3) is 0.917. The molecule has 0 saturated heterocycles. The zero-order chi connectivity index (χ0) is 11.5.